The van der Waals surface area contributed by atoms with Gasteiger partial charge < -0.3 is 16.0 Å². The third kappa shape index (κ3) is 6.05. The van der Waals surface area contributed by atoms with Gasteiger partial charge in [0.05, 0.1) is 12.5 Å². The molecule has 1 unspecified atom stereocenters. The van der Waals surface area contributed by atoms with Crippen molar-refractivity contribution in [3.63, 3.8) is 0 Å². The first-order chi connectivity index (χ1) is 12.5. The van der Waals surface area contributed by atoms with Crippen LogP contribution in [-0.4, -0.2) is 17.7 Å². The van der Waals surface area contributed by atoms with Crippen LogP contribution in [0.15, 0.2) is 54.6 Å². The molecule has 0 aromatic heterocycles. The van der Waals surface area contributed by atoms with Crippen molar-refractivity contribution < 1.29 is 14.4 Å². The summed E-state index contributed by atoms with van der Waals surface area (Å²) in [4.78, 5) is 35.4. The van der Waals surface area contributed by atoms with Gasteiger partial charge >= 0.3 is 0 Å². The normalized spacial score (nSPS) is 11.3. The van der Waals surface area contributed by atoms with Gasteiger partial charge in [-0.25, -0.2) is 0 Å². The molecule has 2 rings (SSSR count). The van der Waals surface area contributed by atoms with Crippen molar-refractivity contribution in [3.05, 3.63) is 60.2 Å². The summed E-state index contributed by atoms with van der Waals surface area (Å²) >= 11 is 0. The van der Waals surface area contributed by atoms with Crippen LogP contribution >= 0.6 is 0 Å². The van der Waals surface area contributed by atoms with Crippen molar-refractivity contribution in [2.24, 2.45) is 0 Å². The number of hydrogen-bond acceptors (Lipinski definition) is 3. The summed E-state index contributed by atoms with van der Waals surface area (Å²) in [7, 11) is 0. The average molecular weight is 353 g/mol. The van der Waals surface area contributed by atoms with Gasteiger partial charge in [-0.3, -0.25) is 14.4 Å². The first-order valence-corrected chi connectivity index (χ1v) is 8.49. The molecule has 6 nitrogen and oxygen atoms in total. The molecule has 0 bridgehead atoms. The van der Waals surface area contributed by atoms with Gasteiger partial charge in [0.1, 0.15) is 0 Å². The average Bonchev–Trinajstić information content (AvgIpc) is 2.61. The molecule has 136 valence electrons. The van der Waals surface area contributed by atoms with Gasteiger partial charge in [0.25, 0.3) is 0 Å². The maximum Gasteiger partial charge on any atom is 0.226 e. The van der Waals surface area contributed by atoms with Crippen molar-refractivity contribution in [2.75, 3.05) is 10.6 Å². The first kappa shape index (κ1) is 19.2. The molecule has 0 saturated carbocycles. The fourth-order valence-corrected chi connectivity index (χ4v) is 2.50. The molecule has 3 amide bonds. The van der Waals surface area contributed by atoms with E-state index in [9.17, 15) is 14.4 Å². The standard InChI is InChI=1S/C20H23N3O3/c1-3-19(25)22-16-10-7-11-17(12-16)23-20(26)13-18(21-14(2)24)15-8-5-4-6-9-15/h4-12,18H,3,13H2,1-2H3,(H,21,24)(H,22,25)(H,23,26). The van der Waals surface area contributed by atoms with Gasteiger partial charge in [0.15, 0.2) is 0 Å². The fourth-order valence-electron chi connectivity index (χ4n) is 2.50. The van der Waals surface area contributed by atoms with Crippen LogP contribution in [0.4, 0.5) is 11.4 Å². The van der Waals surface area contributed by atoms with Crippen LogP contribution in [0, 0.1) is 0 Å². The molecule has 1 atom stereocenters. The Morgan fingerprint density at radius 2 is 1.50 bits per heavy atom. The molecule has 0 aliphatic carbocycles. The van der Waals surface area contributed by atoms with Crippen LogP contribution in [0.25, 0.3) is 0 Å². The van der Waals surface area contributed by atoms with E-state index in [0.717, 1.165) is 5.56 Å². The molecule has 0 spiro atoms. The Labute approximate surface area is 153 Å². The van der Waals surface area contributed by atoms with Crippen LogP contribution in [0.1, 0.15) is 38.3 Å². The second kappa shape index (κ2) is 9.36. The van der Waals surface area contributed by atoms with E-state index < -0.39 is 6.04 Å². The van der Waals surface area contributed by atoms with E-state index in [1.54, 1.807) is 31.2 Å². The maximum atomic E-state index is 12.4. The van der Waals surface area contributed by atoms with Gasteiger partial charge in [-0.2, -0.15) is 0 Å². The molecule has 6 heteroatoms. The zero-order valence-corrected chi connectivity index (χ0v) is 14.9. The summed E-state index contributed by atoms with van der Waals surface area (Å²) in [6.07, 6.45) is 0.487. The Morgan fingerprint density at radius 3 is 2.08 bits per heavy atom. The number of hydrogen-bond donors (Lipinski definition) is 3. The van der Waals surface area contributed by atoms with Crippen molar-refractivity contribution in [2.45, 2.75) is 32.7 Å². The van der Waals surface area contributed by atoms with E-state index >= 15 is 0 Å². The predicted octanol–water partition coefficient (Wildman–Crippen LogP) is 3.24. The van der Waals surface area contributed by atoms with Gasteiger partial charge in [-0.1, -0.05) is 43.3 Å². The van der Waals surface area contributed by atoms with E-state index in [2.05, 4.69) is 16.0 Å². The number of nitrogens with one attached hydrogen (secondary N) is 3. The lowest BCUT2D eigenvalue weighted by molar-refractivity contribution is -0.120. The fraction of sp³-hybridized carbons (Fsp3) is 0.250. The van der Waals surface area contributed by atoms with Crippen LogP contribution < -0.4 is 16.0 Å². The Morgan fingerprint density at radius 1 is 0.885 bits per heavy atom. The van der Waals surface area contributed by atoms with Gasteiger partial charge in [0, 0.05) is 24.7 Å². The molecular weight excluding hydrogens is 330 g/mol. The molecule has 26 heavy (non-hydrogen) atoms. The zero-order valence-electron chi connectivity index (χ0n) is 14.9. The van der Waals surface area contributed by atoms with Crippen molar-refractivity contribution in [1.82, 2.24) is 5.32 Å². The summed E-state index contributed by atoms with van der Waals surface area (Å²) in [5, 5.41) is 8.36. The summed E-state index contributed by atoms with van der Waals surface area (Å²) in [5.74, 6) is -0.522. The largest absolute Gasteiger partial charge is 0.349 e. The lowest BCUT2D eigenvalue weighted by Crippen LogP contribution is -2.29. The second-order valence-corrected chi connectivity index (χ2v) is 5.90. The SMILES string of the molecule is CCC(=O)Nc1cccc(NC(=O)CC(NC(C)=O)c2ccccc2)c1. The monoisotopic (exact) mass is 353 g/mol. The second-order valence-electron chi connectivity index (χ2n) is 5.90. The van der Waals surface area contributed by atoms with E-state index in [1.165, 1.54) is 6.92 Å². The Hall–Kier alpha value is -3.15. The highest BCUT2D eigenvalue weighted by Crippen LogP contribution is 2.19. The molecule has 0 radical (unpaired) electrons. The lowest BCUT2D eigenvalue weighted by atomic mass is 10.0. The van der Waals surface area contributed by atoms with E-state index in [4.69, 9.17) is 0 Å². The van der Waals surface area contributed by atoms with Crippen LogP contribution in [0.3, 0.4) is 0 Å². The molecule has 0 fully saturated rings. The van der Waals surface area contributed by atoms with Crippen molar-refractivity contribution >= 4 is 29.1 Å². The molecule has 0 saturated heterocycles. The van der Waals surface area contributed by atoms with E-state index in [1.807, 2.05) is 30.3 Å². The summed E-state index contributed by atoms with van der Waals surface area (Å²) in [5.41, 5.74) is 2.07. The topological polar surface area (TPSA) is 87.3 Å². The van der Waals surface area contributed by atoms with Gasteiger partial charge in [0.2, 0.25) is 17.7 Å². The van der Waals surface area contributed by atoms with E-state index in [0.29, 0.717) is 17.8 Å². The van der Waals surface area contributed by atoms with Crippen LogP contribution in [0.5, 0.6) is 0 Å². The molecule has 0 aliphatic heterocycles. The molecule has 0 aliphatic rings. The van der Waals surface area contributed by atoms with Crippen LogP contribution in [-0.2, 0) is 14.4 Å². The summed E-state index contributed by atoms with van der Waals surface area (Å²) < 4.78 is 0. The Kier molecular flexibility index (Phi) is 6.91. The number of rotatable bonds is 7. The molecule has 2 aromatic carbocycles. The van der Waals surface area contributed by atoms with Crippen molar-refractivity contribution in [1.29, 1.82) is 0 Å². The van der Waals surface area contributed by atoms with Crippen molar-refractivity contribution in [3.8, 4) is 0 Å². The quantitative estimate of drug-likeness (QED) is 0.714. The van der Waals surface area contributed by atoms with Crippen LogP contribution in [0.2, 0.25) is 0 Å². The highest BCUT2D eigenvalue weighted by molar-refractivity contribution is 5.94. The number of anilines is 2. The molecular formula is C20H23N3O3. The number of carbonyl (C=O) groups is 3. The number of carbonyl (C=O) groups excluding carboxylic acids is 3. The minimum absolute atomic E-state index is 0.0942. The molecule has 3 N–H and O–H groups in total. The minimum Gasteiger partial charge on any atom is -0.349 e. The highest BCUT2D eigenvalue weighted by Gasteiger charge is 2.17. The zero-order chi connectivity index (χ0) is 18.9. The maximum absolute atomic E-state index is 12.4. The third-order valence-corrected chi connectivity index (χ3v) is 3.72. The highest BCUT2D eigenvalue weighted by atomic mass is 16.2. The Bertz CT molecular complexity index is 775. The number of benzene rings is 2. The molecule has 2 aromatic rings. The third-order valence-electron chi connectivity index (χ3n) is 3.72. The Balaban J connectivity index is 2.05. The van der Waals surface area contributed by atoms with Gasteiger partial charge in [-0.15, -0.1) is 0 Å². The predicted molar refractivity (Wildman–Crippen MR) is 102 cm³/mol. The first-order valence-electron chi connectivity index (χ1n) is 8.49. The van der Waals surface area contributed by atoms with Gasteiger partial charge in [-0.05, 0) is 23.8 Å². The summed E-state index contributed by atoms with van der Waals surface area (Å²) in [6, 6.07) is 15.9. The lowest BCUT2D eigenvalue weighted by Gasteiger charge is -2.18. The van der Waals surface area contributed by atoms with E-state index in [-0.39, 0.29) is 24.1 Å². The minimum atomic E-state index is -0.406. The number of amides is 3. The molecule has 0 heterocycles. The smallest absolute Gasteiger partial charge is 0.226 e. The summed E-state index contributed by atoms with van der Waals surface area (Å²) in [6.45, 7) is 3.19.